The Morgan fingerprint density at radius 1 is 1.40 bits per heavy atom. The zero-order valence-corrected chi connectivity index (χ0v) is 9.33. The van der Waals surface area contributed by atoms with Crippen molar-refractivity contribution in [3.05, 3.63) is 0 Å². The molecule has 0 spiro atoms. The Hall–Kier alpha value is -1.04. The molecule has 0 bridgehead atoms. The lowest BCUT2D eigenvalue weighted by molar-refractivity contribution is -0.149. The summed E-state index contributed by atoms with van der Waals surface area (Å²) in [6, 6.07) is 0. The normalized spacial score (nSPS) is 25.1. The van der Waals surface area contributed by atoms with Crippen LogP contribution in [0.25, 0.3) is 0 Å². The molecule has 5 nitrogen and oxygen atoms in total. The van der Waals surface area contributed by atoms with Gasteiger partial charge in [-0.3, -0.25) is 14.4 Å². The minimum Gasteiger partial charge on any atom is -0.469 e. The second-order valence-corrected chi connectivity index (χ2v) is 4.17. The lowest BCUT2D eigenvalue weighted by Gasteiger charge is -2.13. The van der Waals surface area contributed by atoms with Gasteiger partial charge in [0.15, 0.2) is 5.12 Å². The van der Waals surface area contributed by atoms with Gasteiger partial charge in [-0.1, -0.05) is 11.8 Å². The number of ether oxygens (including phenoxy) is 2. The molecule has 0 aromatic heterocycles. The van der Waals surface area contributed by atoms with E-state index >= 15 is 0 Å². The van der Waals surface area contributed by atoms with Gasteiger partial charge in [0.2, 0.25) is 0 Å². The summed E-state index contributed by atoms with van der Waals surface area (Å²) in [5, 5.41) is -0.143. The van der Waals surface area contributed by atoms with Gasteiger partial charge in [-0.15, -0.1) is 0 Å². The zero-order valence-electron chi connectivity index (χ0n) is 8.52. The monoisotopic (exact) mass is 232 g/mol. The Bertz CT molecular complexity index is 288. The number of hydrogen-bond acceptors (Lipinski definition) is 6. The van der Waals surface area contributed by atoms with Crippen LogP contribution < -0.4 is 0 Å². The second kappa shape index (κ2) is 5.16. The molecule has 1 aliphatic heterocycles. The molecule has 1 fully saturated rings. The Labute approximate surface area is 91.5 Å². The van der Waals surface area contributed by atoms with Gasteiger partial charge in [-0.05, 0) is 0 Å². The number of carbonyl (C=O) groups is 3. The van der Waals surface area contributed by atoms with Crippen LogP contribution in [0.2, 0.25) is 0 Å². The van der Waals surface area contributed by atoms with Gasteiger partial charge in [0.1, 0.15) is 0 Å². The molecule has 0 aromatic carbocycles. The average molecular weight is 232 g/mol. The number of rotatable bonds is 3. The first kappa shape index (κ1) is 12.0. The molecule has 15 heavy (non-hydrogen) atoms. The SMILES string of the molecule is COC(=O)CC1C(=O)SCC1C(=O)OC. The molecule has 1 saturated heterocycles. The third kappa shape index (κ3) is 2.71. The Kier molecular flexibility index (Phi) is 4.14. The van der Waals surface area contributed by atoms with Crippen LogP contribution in [-0.4, -0.2) is 37.0 Å². The van der Waals surface area contributed by atoms with Crippen molar-refractivity contribution in [1.29, 1.82) is 0 Å². The first-order valence-corrected chi connectivity index (χ1v) is 5.40. The summed E-state index contributed by atoms with van der Waals surface area (Å²) in [5.74, 6) is -1.67. The van der Waals surface area contributed by atoms with Crippen LogP contribution >= 0.6 is 11.8 Å². The summed E-state index contributed by atoms with van der Waals surface area (Å²) in [4.78, 5) is 33.7. The quantitative estimate of drug-likeness (QED) is 0.649. The summed E-state index contributed by atoms with van der Waals surface area (Å²) < 4.78 is 9.04. The molecule has 0 aromatic rings. The minimum absolute atomic E-state index is 0.0535. The van der Waals surface area contributed by atoms with E-state index in [-0.39, 0.29) is 11.5 Å². The van der Waals surface area contributed by atoms with Crippen LogP contribution in [0.5, 0.6) is 0 Å². The molecule has 2 atom stereocenters. The molecule has 0 radical (unpaired) electrons. The van der Waals surface area contributed by atoms with Crippen molar-refractivity contribution in [2.75, 3.05) is 20.0 Å². The third-order valence-corrected chi connectivity index (χ3v) is 3.42. The maximum atomic E-state index is 11.4. The van der Waals surface area contributed by atoms with Crippen LogP contribution in [0.4, 0.5) is 0 Å². The number of thioether (sulfide) groups is 1. The highest BCUT2D eigenvalue weighted by Gasteiger charge is 2.42. The minimum atomic E-state index is -0.602. The lowest BCUT2D eigenvalue weighted by atomic mass is 9.92. The Balaban J connectivity index is 2.68. The van der Waals surface area contributed by atoms with Gasteiger partial charge in [0.05, 0.1) is 32.5 Å². The maximum absolute atomic E-state index is 11.4. The molecule has 1 heterocycles. The van der Waals surface area contributed by atoms with Crippen molar-refractivity contribution in [2.24, 2.45) is 11.8 Å². The summed E-state index contributed by atoms with van der Waals surface area (Å²) >= 11 is 1.06. The fourth-order valence-electron chi connectivity index (χ4n) is 1.43. The van der Waals surface area contributed by atoms with E-state index in [9.17, 15) is 14.4 Å². The third-order valence-electron chi connectivity index (χ3n) is 2.31. The van der Waals surface area contributed by atoms with Crippen molar-refractivity contribution >= 4 is 28.8 Å². The summed E-state index contributed by atoms with van der Waals surface area (Å²) in [5.41, 5.74) is 0. The molecule has 1 aliphatic rings. The van der Waals surface area contributed by atoms with Gasteiger partial charge in [0, 0.05) is 5.75 Å². The molecular formula is C9H12O5S. The van der Waals surface area contributed by atoms with Crippen molar-refractivity contribution in [3.8, 4) is 0 Å². The van der Waals surface area contributed by atoms with E-state index in [2.05, 4.69) is 9.47 Å². The van der Waals surface area contributed by atoms with E-state index in [1.54, 1.807) is 0 Å². The molecule has 0 saturated carbocycles. The average Bonchev–Trinajstić information content (AvgIpc) is 2.59. The Morgan fingerprint density at radius 2 is 2.07 bits per heavy atom. The van der Waals surface area contributed by atoms with E-state index in [1.807, 2.05) is 0 Å². The van der Waals surface area contributed by atoms with Crippen molar-refractivity contribution in [2.45, 2.75) is 6.42 Å². The second-order valence-electron chi connectivity index (χ2n) is 3.15. The predicted octanol–water partition coefficient (Wildman–Crippen LogP) is 0.228. The van der Waals surface area contributed by atoms with E-state index in [0.29, 0.717) is 5.75 Å². The summed E-state index contributed by atoms with van der Waals surface area (Å²) in [6.07, 6.45) is -0.0535. The van der Waals surface area contributed by atoms with Crippen molar-refractivity contribution < 1.29 is 23.9 Å². The van der Waals surface area contributed by atoms with E-state index in [4.69, 9.17) is 0 Å². The van der Waals surface area contributed by atoms with E-state index in [0.717, 1.165) is 11.8 Å². The molecule has 6 heteroatoms. The number of methoxy groups -OCH3 is 2. The highest BCUT2D eigenvalue weighted by Crippen LogP contribution is 2.34. The molecule has 0 N–H and O–H groups in total. The van der Waals surface area contributed by atoms with Crippen LogP contribution in [0.15, 0.2) is 0 Å². The topological polar surface area (TPSA) is 69.7 Å². The van der Waals surface area contributed by atoms with Gasteiger partial charge >= 0.3 is 11.9 Å². The molecule has 1 rings (SSSR count). The number of hydrogen-bond donors (Lipinski definition) is 0. The number of esters is 2. The van der Waals surface area contributed by atoms with E-state index in [1.165, 1.54) is 14.2 Å². The van der Waals surface area contributed by atoms with Gasteiger partial charge in [-0.25, -0.2) is 0 Å². The van der Waals surface area contributed by atoms with E-state index < -0.39 is 23.8 Å². The van der Waals surface area contributed by atoms with Crippen LogP contribution in [-0.2, 0) is 23.9 Å². The molecule has 0 aliphatic carbocycles. The summed E-state index contributed by atoms with van der Waals surface area (Å²) in [7, 11) is 2.52. The first-order chi connectivity index (χ1) is 7.10. The highest BCUT2D eigenvalue weighted by molar-refractivity contribution is 8.14. The standard InChI is InChI=1S/C9H12O5S/c1-13-7(10)3-5-6(8(11)14-2)4-15-9(5)12/h5-6H,3-4H2,1-2H3. The summed E-state index contributed by atoms with van der Waals surface area (Å²) in [6.45, 7) is 0. The van der Waals surface area contributed by atoms with Gasteiger partial charge in [-0.2, -0.15) is 0 Å². The van der Waals surface area contributed by atoms with Gasteiger partial charge in [0.25, 0.3) is 0 Å². The fourth-order valence-corrected chi connectivity index (χ4v) is 2.61. The lowest BCUT2D eigenvalue weighted by Crippen LogP contribution is -2.27. The predicted molar refractivity (Wildman–Crippen MR) is 53.1 cm³/mol. The smallest absolute Gasteiger partial charge is 0.310 e. The highest BCUT2D eigenvalue weighted by atomic mass is 32.2. The molecule has 84 valence electrons. The first-order valence-electron chi connectivity index (χ1n) is 4.41. The number of carbonyl (C=O) groups excluding carboxylic acids is 3. The fraction of sp³-hybridized carbons (Fsp3) is 0.667. The van der Waals surface area contributed by atoms with Crippen molar-refractivity contribution in [3.63, 3.8) is 0 Å². The largest absolute Gasteiger partial charge is 0.469 e. The van der Waals surface area contributed by atoms with Crippen LogP contribution in [0.3, 0.4) is 0 Å². The van der Waals surface area contributed by atoms with Crippen molar-refractivity contribution in [1.82, 2.24) is 0 Å². The maximum Gasteiger partial charge on any atom is 0.310 e. The Morgan fingerprint density at radius 3 is 2.60 bits per heavy atom. The molecular weight excluding hydrogens is 220 g/mol. The molecule has 0 amide bonds. The van der Waals surface area contributed by atoms with Gasteiger partial charge < -0.3 is 9.47 Å². The van der Waals surface area contributed by atoms with Crippen LogP contribution in [0.1, 0.15) is 6.42 Å². The molecule has 2 unspecified atom stereocenters. The zero-order chi connectivity index (χ0) is 11.4. The van der Waals surface area contributed by atoms with Crippen LogP contribution in [0, 0.1) is 11.8 Å².